The Morgan fingerprint density at radius 2 is 1.88 bits per heavy atom. The lowest BCUT2D eigenvalue weighted by Crippen LogP contribution is -2.58. The Morgan fingerprint density at radius 1 is 1.12 bits per heavy atom. The maximum Gasteiger partial charge on any atom is 0.414 e. The van der Waals surface area contributed by atoms with Gasteiger partial charge in [-0.25, -0.2) is 9.79 Å². The van der Waals surface area contributed by atoms with Crippen LogP contribution in [-0.4, -0.2) is 36.8 Å². The van der Waals surface area contributed by atoms with Crippen LogP contribution < -0.4 is 21.3 Å². The van der Waals surface area contributed by atoms with Gasteiger partial charge in [-0.3, -0.25) is 9.80 Å². The van der Waals surface area contributed by atoms with Gasteiger partial charge in [0.2, 0.25) is 11.9 Å². The Balaban J connectivity index is 1.74. The average Bonchev–Trinajstić information content (AvgIpc) is 3.01. The minimum Gasteiger partial charge on any atom is -0.447 e. The molecule has 4 N–H and O–H groups in total. The zero-order chi connectivity index (χ0) is 17.4. The van der Waals surface area contributed by atoms with E-state index in [-0.39, 0.29) is 12.1 Å². The van der Waals surface area contributed by atoms with E-state index >= 15 is 0 Å². The lowest BCUT2D eigenvalue weighted by Gasteiger charge is -2.45. The van der Waals surface area contributed by atoms with Crippen molar-refractivity contribution < 1.29 is 9.53 Å². The van der Waals surface area contributed by atoms with E-state index in [0.717, 1.165) is 37.1 Å². The Morgan fingerprint density at radius 3 is 2.60 bits per heavy atom. The van der Waals surface area contributed by atoms with Crippen molar-refractivity contribution in [2.75, 3.05) is 23.0 Å². The number of hydrogen-bond acceptors (Lipinski definition) is 7. The van der Waals surface area contributed by atoms with Crippen LogP contribution in [0, 0.1) is 0 Å². The molecule has 1 aromatic rings. The molecule has 1 aliphatic carbocycles. The van der Waals surface area contributed by atoms with E-state index in [9.17, 15) is 4.79 Å². The first-order valence-electron chi connectivity index (χ1n) is 8.63. The van der Waals surface area contributed by atoms with Crippen molar-refractivity contribution in [1.82, 2.24) is 0 Å². The van der Waals surface area contributed by atoms with Gasteiger partial charge in [0, 0.05) is 11.4 Å². The molecule has 8 nitrogen and oxygen atoms in total. The molecule has 0 unspecified atom stereocenters. The maximum absolute atomic E-state index is 11.9. The fourth-order valence-corrected chi connectivity index (χ4v) is 3.92. The van der Waals surface area contributed by atoms with Gasteiger partial charge in [-0.1, -0.05) is 12.5 Å². The lowest BCUT2D eigenvalue weighted by atomic mass is 9.87. The molecule has 2 heterocycles. The summed E-state index contributed by atoms with van der Waals surface area (Å²) < 4.78 is 5.04. The Labute approximate surface area is 146 Å². The van der Waals surface area contributed by atoms with Gasteiger partial charge in [-0.2, -0.15) is 4.99 Å². The van der Waals surface area contributed by atoms with E-state index in [2.05, 4.69) is 9.98 Å². The minimum atomic E-state index is -0.488. The van der Waals surface area contributed by atoms with Crippen LogP contribution in [0.1, 0.15) is 32.1 Å². The number of carbonyl (C=O) groups excluding carboxylic acids is 1. The molecule has 1 amide bonds. The summed E-state index contributed by atoms with van der Waals surface area (Å²) in [4.78, 5) is 24.3. The van der Waals surface area contributed by atoms with E-state index in [1.165, 1.54) is 6.42 Å². The quantitative estimate of drug-likeness (QED) is 0.851. The molecule has 1 saturated carbocycles. The Hall–Kier alpha value is -2.77. The second-order valence-corrected chi connectivity index (χ2v) is 6.60. The average molecular weight is 342 g/mol. The number of aliphatic imine (C=N–C) groups is 2. The summed E-state index contributed by atoms with van der Waals surface area (Å²) in [6.45, 7) is 0.948. The van der Waals surface area contributed by atoms with E-state index in [1.807, 2.05) is 29.2 Å². The second-order valence-electron chi connectivity index (χ2n) is 6.60. The monoisotopic (exact) mass is 342 g/mol. The number of ether oxygens (including phenoxy) is 1. The highest BCUT2D eigenvalue weighted by atomic mass is 16.6. The molecule has 0 aromatic heterocycles. The van der Waals surface area contributed by atoms with Crippen molar-refractivity contribution in [1.29, 1.82) is 0 Å². The number of guanidine groups is 2. The molecule has 0 bridgehead atoms. The topological polar surface area (TPSA) is 110 Å². The summed E-state index contributed by atoms with van der Waals surface area (Å²) in [6.07, 6.45) is 4.74. The maximum atomic E-state index is 11.9. The SMILES string of the molecule is NC1=NC2(CCCCC2)N(c2cccc(N3CCOC3=O)c2)C(N)=N1. The summed E-state index contributed by atoms with van der Waals surface area (Å²) in [5, 5.41) is 0. The molecular formula is C17H22N6O2. The third-order valence-electron chi connectivity index (χ3n) is 5.01. The third kappa shape index (κ3) is 2.67. The number of rotatable bonds is 2. The standard InChI is InChI=1S/C17H22N6O2/c18-14-20-15(19)23(17(21-14)7-2-1-3-8-17)13-6-4-5-12(11-13)22-9-10-25-16(22)24/h4-6,11H,1-3,7-10H2,(H4,18,19,20,21). The van der Waals surface area contributed by atoms with Crippen molar-refractivity contribution in [2.24, 2.45) is 21.5 Å². The van der Waals surface area contributed by atoms with Crippen LogP contribution in [0.2, 0.25) is 0 Å². The van der Waals surface area contributed by atoms with E-state index < -0.39 is 5.66 Å². The van der Waals surface area contributed by atoms with Crippen molar-refractivity contribution in [2.45, 2.75) is 37.8 Å². The Bertz CT molecular complexity index is 753. The number of anilines is 2. The van der Waals surface area contributed by atoms with E-state index in [4.69, 9.17) is 16.2 Å². The fourth-order valence-electron chi connectivity index (χ4n) is 3.92. The first-order valence-corrected chi connectivity index (χ1v) is 8.63. The molecule has 4 rings (SSSR count). The molecule has 1 spiro atoms. The van der Waals surface area contributed by atoms with Crippen molar-refractivity contribution >= 4 is 29.4 Å². The van der Waals surface area contributed by atoms with Gasteiger partial charge >= 0.3 is 6.09 Å². The summed E-state index contributed by atoms with van der Waals surface area (Å²) >= 11 is 0. The third-order valence-corrected chi connectivity index (χ3v) is 5.01. The molecule has 8 heteroatoms. The summed E-state index contributed by atoms with van der Waals surface area (Å²) in [6, 6.07) is 7.68. The van der Waals surface area contributed by atoms with Gasteiger partial charge in [0.25, 0.3) is 0 Å². The van der Waals surface area contributed by atoms with Gasteiger partial charge in [-0.05, 0) is 43.9 Å². The molecule has 132 valence electrons. The number of carbonyl (C=O) groups is 1. The van der Waals surface area contributed by atoms with Gasteiger partial charge in [0.15, 0.2) is 0 Å². The minimum absolute atomic E-state index is 0.231. The lowest BCUT2D eigenvalue weighted by molar-refractivity contribution is 0.181. The predicted molar refractivity (Wildman–Crippen MR) is 96.7 cm³/mol. The molecule has 1 aromatic carbocycles. The van der Waals surface area contributed by atoms with Gasteiger partial charge in [0.05, 0.1) is 6.54 Å². The highest BCUT2D eigenvalue weighted by Gasteiger charge is 2.42. The first-order chi connectivity index (χ1) is 12.1. The van der Waals surface area contributed by atoms with E-state index in [0.29, 0.717) is 19.1 Å². The molecule has 25 heavy (non-hydrogen) atoms. The number of nitrogens with zero attached hydrogens (tertiary/aromatic N) is 4. The summed E-state index contributed by atoms with van der Waals surface area (Å²) in [7, 11) is 0. The summed E-state index contributed by atoms with van der Waals surface area (Å²) in [5.74, 6) is 0.575. The zero-order valence-electron chi connectivity index (χ0n) is 14.0. The first kappa shape index (κ1) is 15.7. The Kier molecular flexibility index (Phi) is 3.74. The van der Waals surface area contributed by atoms with Gasteiger partial charge < -0.3 is 16.2 Å². The number of amides is 1. The largest absolute Gasteiger partial charge is 0.447 e. The number of benzene rings is 1. The number of nitrogens with two attached hydrogens (primary N) is 2. The van der Waals surface area contributed by atoms with Crippen LogP contribution >= 0.6 is 0 Å². The number of cyclic esters (lactones) is 1. The van der Waals surface area contributed by atoms with Crippen LogP contribution in [-0.2, 0) is 4.74 Å². The predicted octanol–water partition coefficient (Wildman–Crippen LogP) is 1.75. The molecule has 0 atom stereocenters. The zero-order valence-corrected chi connectivity index (χ0v) is 14.0. The van der Waals surface area contributed by atoms with Crippen molar-refractivity contribution in [3.8, 4) is 0 Å². The molecule has 1 saturated heterocycles. The highest BCUT2D eigenvalue weighted by Crippen LogP contribution is 2.40. The summed E-state index contributed by atoms with van der Waals surface area (Å²) in [5.41, 5.74) is 13.3. The van der Waals surface area contributed by atoms with Gasteiger partial charge in [0.1, 0.15) is 12.3 Å². The second kappa shape index (κ2) is 5.94. The smallest absolute Gasteiger partial charge is 0.414 e. The molecular weight excluding hydrogens is 320 g/mol. The van der Waals surface area contributed by atoms with Gasteiger partial charge in [-0.15, -0.1) is 0 Å². The van der Waals surface area contributed by atoms with Crippen LogP contribution in [0.4, 0.5) is 16.2 Å². The molecule has 3 aliphatic rings. The van der Waals surface area contributed by atoms with Crippen molar-refractivity contribution in [3.63, 3.8) is 0 Å². The fraction of sp³-hybridized carbons (Fsp3) is 0.471. The highest BCUT2D eigenvalue weighted by molar-refractivity contribution is 6.06. The van der Waals surface area contributed by atoms with Crippen LogP contribution in [0.5, 0.6) is 0 Å². The van der Waals surface area contributed by atoms with Crippen LogP contribution in [0.15, 0.2) is 34.3 Å². The molecule has 2 aliphatic heterocycles. The van der Waals surface area contributed by atoms with Crippen LogP contribution in [0.25, 0.3) is 0 Å². The molecule has 2 fully saturated rings. The van der Waals surface area contributed by atoms with E-state index in [1.54, 1.807) is 4.90 Å². The molecule has 0 radical (unpaired) electrons. The normalized spacial score (nSPS) is 22.6. The number of hydrogen-bond donors (Lipinski definition) is 2. The van der Waals surface area contributed by atoms with Crippen LogP contribution in [0.3, 0.4) is 0 Å². The van der Waals surface area contributed by atoms with Crippen molar-refractivity contribution in [3.05, 3.63) is 24.3 Å².